The summed E-state index contributed by atoms with van der Waals surface area (Å²) in [5.41, 5.74) is 2.33. The zero-order chi connectivity index (χ0) is 20.8. The van der Waals surface area contributed by atoms with Gasteiger partial charge in [-0.2, -0.15) is 0 Å². The van der Waals surface area contributed by atoms with Gasteiger partial charge in [0.25, 0.3) is 5.91 Å². The molecular formula is C22H20N2O3S2. The number of carbonyl (C=O) groups excluding carboxylic acids is 2. The largest absolute Gasteiger partial charge is 0.506 e. The summed E-state index contributed by atoms with van der Waals surface area (Å²) in [6, 6.07) is 16.3. The first-order valence-corrected chi connectivity index (χ1v) is 10.2. The Balaban J connectivity index is 1.61. The number of rotatable bonds is 6. The van der Waals surface area contributed by atoms with Gasteiger partial charge in [0, 0.05) is 13.0 Å². The van der Waals surface area contributed by atoms with Gasteiger partial charge >= 0.3 is 0 Å². The number of nitrogens with zero attached hydrogens (tertiary/aromatic N) is 1. The lowest BCUT2D eigenvalue weighted by atomic mass is 10.1. The number of allylic oxidation sites excluding steroid dienone is 2. The van der Waals surface area contributed by atoms with Crippen molar-refractivity contribution >= 4 is 51.9 Å². The van der Waals surface area contributed by atoms with E-state index in [0.29, 0.717) is 14.9 Å². The third kappa shape index (κ3) is 5.56. The van der Waals surface area contributed by atoms with Crippen molar-refractivity contribution in [2.24, 2.45) is 0 Å². The van der Waals surface area contributed by atoms with Crippen LogP contribution in [0.15, 0.2) is 71.2 Å². The van der Waals surface area contributed by atoms with Crippen LogP contribution in [0.3, 0.4) is 0 Å². The lowest BCUT2D eigenvalue weighted by molar-refractivity contribution is -0.122. The molecule has 0 spiro atoms. The fourth-order valence-corrected chi connectivity index (χ4v) is 4.12. The molecule has 0 bridgehead atoms. The van der Waals surface area contributed by atoms with Gasteiger partial charge in [-0.05, 0) is 36.3 Å². The Morgan fingerprint density at radius 1 is 1.17 bits per heavy atom. The van der Waals surface area contributed by atoms with Crippen molar-refractivity contribution in [2.45, 2.75) is 13.3 Å². The molecule has 2 aromatic rings. The Morgan fingerprint density at radius 3 is 2.59 bits per heavy atom. The van der Waals surface area contributed by atoms with Crippen LogP contribution < -0.4 is 5.32 Å². The molecule has 3 rings (SSSR count). The summed E-state index contributed by atoms with van der Waals surface area (Å²) in [6.07, 6.45) is 3.88. The normalized spacial score (nSPS) is 15.8. The average molecular weight is 425 g/mol. The molecular weight excluding hydrogens is 404 g/mol. The van der Waals surface area contributed by atoms with Crippen molar-refractivity contribution in [1.29, 1.82) is 0 Å². The number of phenols is 1. The van der Waals surface area contributed by atoms with Gasteiger partial charge in [-0.1, -0.05) is 72.5 Å². The number of aromatic hydroxyl groups is 1. The van der Waals surface area contributed by atoms with Crippen LogP contribution in [0.25, 0.3) is 6.08 Å². The Morgan fingerprint density at radius 2 is 1.86 bits per heavy atom. The molecule has 2 N–H and O–H groups in total. The summed E-state index contributed by atoms with van der Waals surface area (Å²) in [4.78, 5) is 26.8. The minimum absolute atomic E-state index is 0.00456. The molecule has 0 radical (unpaired) electrons. The predicted molar refractivity (Wildman–Crippen MR) is 121 cm³/mol. The Labute approximate surface area is 179 Å². The molecule has 1 heterocycles. The first-order chi connectivity index (χ1) is 13.9. The highest BCUT2D eigenvalue weighted by Crippen LogP contribution is 2.32. The average Bonchev–Trinajstić information content (AvgIpc) is 2.95. The molecule has 148 valence electrons. The smallest absolute Gasteiger partial charge is 0.266 e. The maximum absolute atomic E-state index is 12.7. The van der Waals surface area contributed by atoms with E-state index in [0.717, 1.165) is 11.1 Å². The SMILES string of the molecule is CC(/C=C1\SC(=S)N(CCC(=O)Nc2ccccc2O)C1=O)=C\c1ccccc1. The van der Waals surface area contributed by atoms with Crippen LogP contribution in [0.4, 0.5) is 5.69 Å². The zero-order valence-corrected chi connectivity index (χ0v) is 17.4. The Kier molecular flexibility index (Phi) is 6.85. The number of thioether (sulfide) groups is 1. The molecule has 5 nitrogen and oxygen atoms in total. The number of hydrogen-bond donors (Lipinski definition) is 2. The molecule has 2 aromatic carbocycles. The summed E-state index contributed by atoms with van der Waals surface area (Å²) in [7, 11) is 0. The molecule has 1 fully saturated rings. The number of amides is 2. The van der Waals surface area contributed by atoms with Gasteiger partial charge in [0.15, 0.2) is 0 Å². The molecule has 29 heavy (non-hydrogen) atoms. The van der Waals surface area contributed by atoms with Crippen molar-refractivity contribution in [3.8, 4) is 5.75 Å². The number of nitrogens with one attached hydrogen (secondary N) is 1. The highest BCUT2D eigenvalue weighted by Gasteiger charge is 2.32. The zero-order valence-electron chi connectivity index (χ0n) is 15.8. The Bertz CT molecular complexity index is 1000. The highest BCUT2D eigenvalue weighted by molar-refractivity contribution is 8.26. The molecule has 0 unspecified atom stereocenters. The van der Waals surface area contributed by atoms with Crippen LogP contribution in [0.5, 0.6) is 5.75 Å². The van der Waals surface area contributed by atoms with Crippen molar-refractivity contribution in [3.05, 3.63) is 76.7 Å². The van der Waals surface area contributed by atoms with E-state index in [2.05, 4.69) is 5.32 Å². The number of hydrogen-bond acceptors (Lipinski definition) is 5. The van der Waals surface area contributed by atoms with Crippen LogP contribution in [-0.4, -0.2) is 32.7 Å². The minimum Gasteiger partial charge on any atom is -0.506 e. The molecule has 0 saturated carbocycles. The number of carbonyl (C=O) groups is 2. The quantitative estimate of drug-likeness (QED) is 0.404. The third-order valence-corrected chi connectivity index (χ3v) is 5.54. The van der Waals surface area contributed by atoms with Crippen molar-refractivity contribution in [1.82, 2.24) is 4.90 Å². The molecule has 0 aliphatic carbocycles. The highest BCUT2D eigenvalue weighted by atomic mass is 32.2. The molecule has 0 aromatic heterocycles. The first-order valence-electron chi connectivity index (χ1n) is 9.00. The first kappa shape index (κ1) is 20.8. The van der Waals surface area contributed by atoms with E-state index in [1.807, 2.05) is 49.4 Å². The van der Waals surface area contributed by atoms with E-state index >= 15 is 0 Å². The number of phenolic OH excluding ortho intramolecular Hbond substituents is 1. The van der Waals surface area contributed by atoms with E-state index in [9.17, 15) is 14.7 Å². The van der Waals surface area contributed by atoms with E-state index < -0.39 is 0 Å². The van der Waals surface area contributed by atoms with Crippen molar-refractivity contribution < 1.29 is 14.7 Å². The van der Waals surface area contributed by atoms with Crippen molar-refractivity contribution in [3.63, 3.8) is 0 Å². The van der Waals surface area contributed by atoms with Gasteiger partial charge < -0.3 is 10.4 Å². The number of anilines is 1. The second-order valence-corrected chi connectivity index (χ2v) is 8.12. The summed E-state index contributed by atoms with van der Waals surface area (Å²) < 4.78 is 0.434. The molecule has 1 aliphatic heterocycles. The second-order valence-electron chi connectivity index (χ2n) is 6.45. The monoisotopic (exact) mass is 424 g/mol. The number of thiocarbonyl (C=S) groups is 1. The van der Waals surface area contributed by atoms with Gasteiger partial charge in [-0.3, -0.25) is 14.5 Å². The van der Waals surface area contributed by atoms with Gasteiger partial charge in [0.1, 0.15) is 10.1 Å². The molecule has 2 amide bonds. The van der Waals surface area contributed by atoms with Gasteiger partial charge in [-0.15, -0.1) is 0 Å². The molecule has 1 saturated heterocycles. The standard InChI is InChI=1S/C22H20N2O3S2/c1-15(13-16-7-3-2-4-8-16)14-19-21(27)24(22(28)29-19)12-11-20(26)23-17-9-5-6-10-18(17)25/h2-10,13-14,25H,11-12H2,1H3,(H,23,26)/b15-13+,19-14-. The van der Waals surface area contributed by atoms with Crippen LogP contribution in [0, 0.1) is 0 Å². The van der Waals surface area contributed by atoms with Gasteiger partial charge in [0.05, 0.1) is 10.6 Å². The molecule has 1 aliphatic rings. The van der Waals surface area contributed by atoms with Crippen LogP contribution in [0.1, 0.15) is 18.9 Å². The van der Waals surface area contributed by atoms with Crippen LogP contribution in [0.2, 0.25) is 0 Å². The lowest BCUT2D eigenvalue weighted by Gasteiger charge is -2.14. The lowest BCUT2D eigenvalue weighted by Crippen LogP contribution is -2.31. The van der Waals surface area contributed by atoms with Gasteiger partial charge in [0.2, 0.25) is 5.91 Å². The predicted octanol–water partition coefficient (Wildman–Crippen LogP) is 4.57. The van der Waals surface area contributed by atoms with Crippen LogP contribution in [-0.2, 0) is 9.59 Å². The summed E-state index contributed by atoms with van der Waals surface area (Å²) in [5, 5.41) is 12.4. The minimum atomic E-state index is -0.301. The number of benzene rings is 2. The van der Waals surface area contributed by atoms with E-state index in [4.69, 9.17) is 12.2 Å². The molecule has 0 atom stereocenters. The topological polar surface area (TPSA) is 69.6 Å². The summed E-state index contributed by atoms with van der Waals surface area (Å²) in [6.45, 7) is 2.11. The number of para-hydroxylation sites is 2. The van der Waals surface area contributed by atoms with Gasteiger partial charge in [-0.25, -0.2) is 0 Å². The fraction of sp³-hybridized carbons (Fsp3) is 0.136. The maximum Gasteiger partial charge on any atom is 0.266 e. The Hall–Kier alpha value is -2.90. The summed E-state index contributed by atoms with van der Waals surface area (Å²) in [5.74, 6) is -0.504. The summed E-state index contributed by atoms with van der Waals surface area (Å²) >= 11 is 6.55. The van der Waals surface area contributed by atoms with E-state index in [1.54, 1.807) is 18.2 Å². The van der Waals surface area contributed by atoms with Crippen LogP contribution >= 0.6 is 24.0 Å². The van der Waals surface area contributed by atoms with E-state index in [1.165, 1.54) is 22.7 Å². The second kappa shape index (κ2) is 9.54. The third-order valence-electron chi connectivity index (χ3n) is 4.17. The van der Waals surface area contributed by atoms with Crippen molar-refractivity contribution in [2.75, 3.05) is 11.9 Å². The molecule has 7 heteroatoms. The van der Waals surface area contributed by atoms with E-state index in [-0.39, 0.29) is 30.5 Å². The maximum atomic E-state index is 12.7. The fourth-order valence-electron chi connectivity index (χ4n) is 2.76.